The van der Waals surface area contributed by atoms with E-state index in [4.69, 9.17) is 4.52 Å². The molecule has 0 spiro atoms. The summed E-state index contributed by atoms with van der Waals surface area (Å²) >= 11 is 0. The molecule has 6 nitrogen and oxygen atoms in total. The number of aryl methyl sites for hydroxylation is 1. The third kappa shape index (κ3) is 3.82. The van der Waals surface area contributed by atoms with Gasteiger partial charge in [-0.1, -0.05) is 18.0 Å². The molecule has 0 radical (unpaired) electrons. The molecular formula is C18H21N3O3. The molecule has 0 atom stereocenters. The number of carbonyl (C=O) groups is 2. The molecular weight excluding hydrogens is 306 g/mol. The molecule has 24 heavy (non-hydrogen) atoms. The number of hydrogen-bond acceptors (Lipinski definition) is 4. The van der Waals surface area contributed by atoms with E-state index in [1.807, 2.05) is 4.90 Å². The van der Waals surface area contributed by atoms with Crippen molar-refractivity contribution < 1.29 is 14.1 Å². The van der Waals surface area contributed by atoms with Crippen molar-refractivity contribution in [1.29, 1.82) is 0 Å². The number of carbonyl (C=O) groups excluding carboxylic acids is 2. The number of nitrogens with zero attached hydrogens (tertiary/aromatic N) is 2. The zero-order valence-electron chi connectivity index (χ0n) is 13.7. The molecule has 0 saturated carbocycles. The average molecular weight is 327 g/mol. The van der Waals surface area contributed by atoms with E-state index in [0.29, 0.717) is 16.9 Å². The Balaban J connectivity index is 1.64. The Morgan fingerprint density at radius 3 is 2.33 bits per heavy atom. The first-order chi connectivity index (χ1) is 11.6. The number of anilines is 1. The largest absolute Gasteiger partial charge is 0.351 e. The lowest BCUT2D eigenvalue weighted by atomic mass is 10.1. The summed E-state index contributed by atoms with van der Waals surface area (Å²) < 4.78 is 4.93. The highest BCUT2D eigenvalue weighted by Gasteiger charge is 2.17. The van der Waals surface area contributed by atoms with Crippen LogP contribution in [0.1, 0.15) is 52.3 Å². The fourth-order valence-electron chi connectivity index (χ4n) is 2.82. The minimum Gasteiger partial charge on any atom is -0.351 e. The van der Waals surface area contributed by atoms with E-state index in [0.717, 1.165) is 25.9 Å². The summed E-state index contributed by atoms with van der Waals surface area (Å²) in [6.07, 6.45) is 4.51. The van der Waals surface area contributed by atoms with Crippen LogP contribution in [0, 0.1) is 6.92 Å². The van der Waals surface area contributed by atoms with Crippen LogP contribution in [0.4, 0.5) is 5.69 Å². The Kier molecular flexibility index (Phi) is 4.93. The molecule has 3 rings (SSSR count). The van der Waals surface area contributed by atoms with E-state index in [9.17, 15) is 9.59 Å². The Morgan fingerprint density at radius 2 is 1.75 bits per heavy atom. The maximum absolute atomic E-state index is 12.5. The predicted octanol–water partition coefficient (Wildman–Crippen LogP) is 3.25. The lowest BCUT2D eigenvalue weighted by Gasteiger charge is -2.20. The Bertz CT molecular complexity index is 713. The minimum absolute atomic E-state index is 0.0561. The Hall–Kier alpha value is -2.63. The predicted molar refractivity (Wildman–Crippen MR) is 90.0 cm³/mol. The molecule has 1 N–H and O–H groups in total. The maximum Gasteiger partial charge on any atom is 0.294 e. The summed E-state index contributed by atoms with van der Waals surface area (Å²) in [5, 5.41) is 6.42. The van der Waals surface area contributed by atoms with Crippen LogP contribution in [0.25, 0.3) is 0 Å². The second-order valence-corrected chi connectivity index (χ2v) is 6.07. The van der Waals surface area contributed by atoms with Gasteiger partial charge in [-0.3, -0.25) is 9.59 Å². The molecule has 1 aromatic heterocycles. The van der Waals surface area contributed by atoms with Gasteiger partial charge in [-0.2, -0.15) is 0 Å². The summed E-state index contributed by atoms with van der Waals surface area (Å²) in [4.78, 5) is 26.5. The number of amides is 2. The van der Waals surface area contributed by atoms with Gasteiger partial charge in [0.2, 0.25) is 5.76 Å². The summed E-state index contributed by atoms with van der Waals surface area (Å²) in [5.74, 6) is -0.139. The fourth-order valence-corrected chi connectivity index (χ4v) is 2.82. The van der Waals surface area contributed by atoms with Crippen LogP contribution in [-0.2, 0) is 0 Å². The molecule has 1 fully saturated rings. The van der Waals surface area contributed by atoms with Gasteiger partial charge < -0.3 is 14.7 Å². The molecule has 1 aliphatic heterocycles. The monoisotopic (exact) mass is 327 g/mol. The number of benzene rings is 1. The van der Waals surface area contributed by atoms with Crippen molar-refractivity contribution in [3.8, 4) is 0 Å². The number of likely N-dealkylation sites (tertiary alicyclic amines) is 1. The van der Waals surface area contributed by atoms with E-state index < -0.39 is 0 Å². The molecule has 1 aromatic carbocycles. The van der Waals surface area contributed by atoms with Crippen LogP contribution >= 0.6 is 0 Å². The van der Waals surface area contributed by atoms with Gasteiger partial charge in [0.05, 0.1) is 5.69 Å². The zero-order chi connectivity index (χ0) is 16.9. The van der Waals surface area contributed by atoms with Crippen LogP contribution in [0.3, 0.4) is 0 Å². The van der Waals surface area contributed by atoms with Crippen LogP contribution in [0.5, 0.6) is 0 Å². The quantitative estimate of drug-likeness (QED) is 0.939. The van der Waals surface area contributed by atoms with E-state index in [1.54, 1.807) is 37.3 Å². The van der Waals surface area contributed by atoms with Crippen molar-refractivity contribution in [3.05, 3.63) is 47.3 Å². The van der Waals surface area contributed by atoms with Gasteiger partial charge in [0, 0.05) is 30.4 Å². The van der Waals surface area contributed by atoms with Crippen molar-refractivity contribution in [2.45, 2.75) is 32.6 Å². The summed E-state index contributed by atoms with van der Waals surface area (Å²) in [6, 6.07) is 8.52. The van der Waals surface area contributed by atoms with Crippen LogP contribution < -0.4 is 5.32 Å². The standard InChI is InChI=1S/C18H21N3O3/c1-13-12-16(24-20-13)17(22)19-15-8-6-14(7-9-15)18(23)21-10-4-2-3-5-11-21/h6-9,12H,2-5,10-11H2,1H3,(H,19,22). The van der Waals surface area contributed by atoms with Gasteiger partial charge in [0.15, 0.2) is 0 Å². The van der Waals surface area contributed by atoms with Crippen molar-refractivity contribution in [2.75, 3.05) is 18.4 Å². The molecule has 0 bridgehead atoms. The highest BCUT2D eigenvalue weighted by Crippen LogP contribution is 2.16. The highest BCUT2D eigenvalue weighted by molar-refractivity contribution is 6.02. The second-order valence-electron chi connectivity index (χ2n) is 6.07. The molecule has 1 saturated heterocycles. The summed E-state index contributed by atoms with van der Waals surface area (Å²) in [6.45, 7) is 3.40. The molecule has 2 aromatic rings. The number of rotatable bonds is 3. The second kappa shape index (κ2) is 7.29. The first kappa shape index (κ1) is 16.2. The highest BCUT2D eigenvalue weighted by atomic mass is 16.5. The van der Waals surface area contributed by atoms with Gasteiger partial charge in [-0.15, -0.1) is 0 Å². The summed E-state index contributed by atoms with van der Waals surface area (Å²) in [5.41, 5.74) is 1.91. The van der Waals surface area contributed by atoms with Crippen molar-refractivity contribution in [2.24, 2.45) is 0 Å². The van der Waals surface area contributed by atoms with Crippen molar-refractivity contribution in [1.82, 2.24) is 10.1 Å². The SMILES string of the molecule is Cc1cc(C(=O)Nc2ccc(C(=O)N3CCCCCC3)cc2)on1. The maximum atomic E-state index is 12.5. The third-order valence-corrected chi connectivity index (χ3v) is 4.13. The van der Waals surface area contributed by atoms with Gasteiger partial charge in [-0.05, 0) is 44.0 Å². The van der Waals surface area contributed by atoms with Crippen LogP contribution in [0.15, 0.2) is 34.9 Å². The Labute approximate surface area is 140 Å². The first-order valence-electron chi connectivity index (χ1n) is 8.27. The average Bonchev–Trinajstić information content (AvgIpc) is 2.85. The normalized spacial score (nSPS) is 15.0. The summed E-state index contributed by atoms with van der Waals surface area (Å²) in [7, 11) is 0. The van der Waals surface area contributed by atoms with E-state index in [1.165, 1.54) is 12.8 Å². The molecule has 126 valence electrons. The fraction of sp³-hybridized carbons (Fsp3) is 0.389. The molecule has 6 heteroatoms. The lowest BCUT2D eigenvalue weighted by Crippen LogP contribution is -2.31. The molecule has 1 aliphatic rings. The third-order valence-electron chi connectivity index (χ3n) is 4.13. The number of aromatic nitrogens is 1. The molecule has 0 aliphatic carbocycles. The smallest absolute Gasteiger partial charge is 0.294 e. The zero-order valence-corrected chi connectivity index (χ0v) is 13.7. The van der Waals surface area contributed by atoms with Crippen molar-refractivity contribution in [3.63, 3.8) is 0 Å². The topological polar surface area (TPSA) is 75.4 Å². The first-order valence-corrected chi connectivity index (χ1v) is 8.27. The van der Waals surface area contributed by atoms with E-state index >= 15 is 0 Å². The van der Waals surface area contributed by atoms with Crippen LogP contribution in [0.2, 0.25) is 0 Å². The van der Waals surface area contributed by atoms with E-state index in [2.05, 4.69) is 10.5 Å². The molecule has 2 heterocycles. The van der Waals surface area contributed by atoms with Gasteiger partial charge in [0.25, 0.3) is 11.8 Å². The number of nitrogens with one attached hydrogen (secondary N) is 1. The Morgan fingerprint density at radius 1 is 1.08 bits per heavy atom. The van der Waals surface area contributed by atoms with E-state index in [-0.39, 0.29) is 17.6 Å². The molecule has 0 unspecified atom stereocenters. The van der Waals surface area contributed by atoms with Gasteiger partial charge >= 0.3 is 0 Å². The number of hydrogen-bond donors (Lipinski definition) is 1. The van der Waals surface area contributed by atoms with Gasteiger partial charge in [-0.25, -0.2) is 0 Å². The van der Waals surface area contributed by atoms with Crippen LogP contribution in [-0.4, -0.2) is 35.0 Å². The van der Waals surface area contributed by atoms with Crippen molar-refractivity contribution >= 4 is 17.5 Å². The lowest BCUT2D eigenvalue weighted by molar-refractivity contribution is 0.0761. The van der Waals surface area contributed by atoms with Gasteiger partial charge in [0.1, 0.15) is 0 Å². The molecule has 2 amide bonds. The minimum atomic E-state index is -0.359.